The maximum atomic E-state index is 5.13. The van der Waals surface area contributed by atoms with Gasteiger partial charge in [0, 0.05) is 36.9 Å². The predicted molar refractivity (Wildman–Crippen MR) is 265 cm³/mol. The van der Waals surface area contributed by atoms with Crippen LogP contribution in [0.5, 0.6) is 0 Å². The molecule has 1 aliphatic carbocycles. The highest BCUT2D eigenvalue weighted by Gasteiger charge is 2.47. The van der Waals surface area contributed by atoms with Crippen LogP contribution in [0.1, 0.15) is 29.2 Å². The molecule has 3 nitrogen and oxygen atoms in total. The molecule has 2 heterocycles. The molecule has 11 rings (SSSR count). The van der Waals surface area contributed by atoms with E-state index in [4.69, 9.17) is 15.0 Å². The Kier molecular flexibility index (Phi) is 9.64. The second-order valence-electron chi connectivity index (χ2n) is 15.9. The number of benzene rings is 8. The van der Waals surface area contributed by atoms with Gasteiger partial charge in [0.25, 0.3) is 0 Å². The number of allylic oxidation sites excluding steroid dienone is 5. The average Bonchev–Trinajstić information content (AvgIpc) is 3.87. The summed E-state index contributed by atoms with van der Waals surface area (Å²) < 4.78 is 2.42. The van der Waals surface area contributed by atoms with Gasteiger partial charge in [-0.25, -0.2) is 15.0 Å². The molecule has 0 fully saturated rings. The zero-order valence-corrected chi connectivity index (χ0v) is 35.6. The molecular weight excluding hydrogens is 783 g/mol. The maximum Gasteiger partial charge on any atom is 0.164 e. The van der Waals surface area contributed by atoms with Crippen LogP contribution in [0, 0.1) is 0 Å². The van der Waals surface area contributed by atoms with Crippen LogP contribution in [0.3, 0.4) is 0 Å². The summed E-state index contributed by atoms with van der Waals surface area (Å²) in [4.78, 5) is 15.2. The van der Waals surface area contributed by atoms with E-state index in [1.807, 2.05) is 42.5 Å². The number of aromatic nitrogens is 3. The third-order valence-corrected chi connectivity index (χ3v) is 13.5. The van der Waals surface area contributed by atoms with Crippen molar-refractivity contribution in [2.24, 2.45) is 0 Å². The minimum absolute atomic E-state index is 0.487. The standard InChI is InChI=1S/C59H41N3S/c1-3-19-51-47(4-2)49-37-43(32-34-52(49)59(51,45-26-13-7-14-27-45)46-28-15-8-16-29-46)41-24-17-25-42(36-41)44-33-35-53-50(38-44)55-48(30-18-31-54(55)63-53)58-61-56(39-20-9-5-10-21-39)60-57(62-58)40-22-11-6-12-23-40/h3-38H,1H2,2H3/b47-4-,51-19+. The lowest BCUT2D eigenvalue weighted by Crippen LogP contribution is -2.28. The van der Waals surface area contributed by atoms with Crippen molar-refractivity contribution in [2.75, 3.05) is 0 Å². The van der Waals surface area contributed by atoms with Crippen LogP contribution in [0.15, 0.2) is 231 Å². The number of fused-ring (bicyclic) bond motifs is 4. The Hall–Kier alpha value is -7.79. The fourth-order valence-electron chi connectivity index (χ4n) is 9.57. The predicted octanol–water partition coefficient (Wildman–Crippen LogP) is 15.4. The van der Waals surface area contributed by atoms with Crippen LogP contribution in [0.4, 0.5) is 0 Å². The van der Waals surface area contributed by atoms with Crippen LogP contribution in [0.2, 0.25) is 0 Å². The summed E-state index contributed by atoms with van der Waals surface area (Å²) in [7, 11) is 0. The Labute approximate surface area is 371 Å². The van der Waals surface area contributed by atoms with Crippen LogP contribution in [0.25, 0.3) is 82.2 Å². The smallest absolute Gasteiger partial charge is 0.164 e. The fourth-order valence-corrected chi connectivity index (χ4v) is 10.7. The summed E-state index contributed by atoms with van der Waals surface area (Å²) in [6, 6.07) is 71.4. The van der Waals surface area contributed by atoms with E-state index < -0.39 is 5.41 Å². The molecule has 0 spiro atoms. The maximum absolute atomic E-state index is 5.13. The molecule has 4 heteroatoms. The van der Waals surface area contributed by atoms with Crippen LogP contribution < -0.4 is 0 Å². The van der Waals surface area contributed by atoms with E-state index in [2.05, 4.69) is 189 Å². The Morgan fingerprint density at radius 1 is 0.460 bits per heavy atom. The normalized spacial score (nSPS) is 14.4. The van der Waals surface area contributed by atoms with Gasteiger partial charge in [-0.2, -0.15) is 0 Å². The Morgan fingerprint density at radius 2 is 0.984 bits per heavy atom. The number of rotatable bonds is 8. The van der Waals surface area contributed by atoms with Gasteiger partial charge in [-0.05, 0) is 92.9 Å². The van der Waals surface area contributed by atoms with E-state index in [-0.39, 0.29) is 0 Å². The minimum Gasteiger partial charge on any atom is -0.208 e. The van der Waals surface area contributed by atoms with Crippen molar-refractivity contribution in [1.82, 2.24) is 15.0 Å². The third-order valence-electron chi connectivity index (χ3n) is 12.4. The van der Waals surface area contributed by atoms with Gasteiger partial charge in [-0.1, -0.05) is 195 Å². The SMILES string of the molecule is C=C/C=C1\C(=C/C)c2cc(-c3cccc(-c4ccc5sc6cccc(-c7nc(-c8ccccc8)nc(-c8ccccc8)n7)c6c5c4)c3)ccc2C1(c1ccccc1)c1ccccc1. The van der Waals surface area contributed by atoms with E-state index >= 15 is 0 Å². The second-order valence-corrected chi connectivity index (χ2v) is 17.0. The lowest BCUT2D eigenvalue weighted by atomic mass is 9.67. The fraction of sp³-hybridized carbons (Fsp3) is 0.0339. The number of hydrogen-bond donors (Lipinski definition) is 0. The van der Waals surface area contributed by atoms with E-state index in [1.54, 1.807) is 11.3 Å². The molecule has 0 bridgehead atoms. The van der Waals surface area contributed by atoms with Crippen LogP contribution in [-0.4, -0.2) is 15.0 Å². The van der Waals surface area contributed by atoms with Gasteiger partial charge < -0.3 is 0 Å². The largest absolute Gasteiger partial charge is 0.208 e. The monoisotopic (exact) mass is 823 g/mol. The number of nitrogens with zero attached hydrogens (tertiary/aromatic N) is 3. The summed E-state index contributed by atoms with van der Waals surface area (Å²) >= 11 is 1.80. The van der Waals surface area contributed by atoms with Gasteiger partial charge in [0.2, 0.25) is 0 Å². The first-order valence-electron chi connectivity index (χ1n) is 21.3. The zero-order valence-electron chi connectivity index (χ0n) is 34.7. The van der Waals surface area contributed by atoms with E-state index in [9.17, 15) is 0 Å². The molecule has 0 aliphatic heterocycles. The Morgan fingerprint density at radius 3 is 1.59 bits per heavy atom. The molecule has 298 valence electrons. The summed E-state index contributed by atoms with van der Waals surface area (Å²) in [6.07, 6.45) is 6.40. The molecule has 1 aliphatic rings. The molecule has 0 amide bonds. The Balaban J connectivity index is 1.03. The highest BCUT2D eigenvalue weighted by molar-refractivity contribution is 7.26. The topological polar surface area (TPSA) is 38.7 Å². The molecule has 10 aromatic rings. The first kappa shape index (κ1) is 38.2. The molecule has 0 atom stereocenters. The first-order valence-corrected chi connectivity index (χ1v) is 22.1. The lowest BCUT2D eigenvalue weighted by molar-refractivity contribution is 0.769. The van der Waals surface area contributed by atoms with Crippen molar-refractivity contribution in [1.29, 1.82) is 0 Å². The summed E-state index contributed by atoms with van der Waals surface area (Å²) in [5.74, 6) is 1.97. The van der Waals surface area contributed by atoms with Crippen molar-refractivity contribution in [3.8, 4) is 56.4 Å². The molecule has 0 N–H and O–H groups in total. The third kappa shape index (κ3) is 6.46. The molecule has 0 saturated heterocycles. The van der Waals surface area contributed by atoms with Crippen molar-refractivity contribution < 1.29 is 0 Å². The average molecular weight is 824 g/mol. The van der Waals surface area contributed by atoms with Gasteiger partial charge in [0.05, 0.1) is 5.41 Å². The molecule has 0 radical (unpaired) electrons. The summed E-state index contributed by atoms with van der Waals surface area (Å²) in [5.41, 5.74) is 14.5. The molecule has 0 unspecified atom stereocenters. The highest BCUT2D eigenvalue weighted by Crippen LogP contribution is 2.57. The van der Waals surface area contributed by atoms with Gasteiger partial charge >= 0.3 is 0 Å². The molecule has 8 aromatic carbocycles. The van der Waals surface area contributed by atoms with E-state index in [1.165, 1.54) is 59.3 Å². The van der Waals surface area contributed by atoms with Crippen molar-refractivity contribution in [3.63, 3.8) is 0 Å². The van der Waals surface area contributed by atoms with Gasteiger partial charge in [-0.15, -0.1) is 11.3 Å². The molecule has 2 aromatic heterocycles. The first-order chi connectivity index (χ1) is 31.1. The van der Waals surface area contributed by atoms with Crippen molar-refractivity contribution >= 4 is 37.1 Å². The van der Waals surface area contributed by atoms with Gasteiger partial charge in [0.15, 0.2) is 17.5 Å². The summed E-state index contributed by atoms with van der Waals surface area (Å²) in [5, 5.41) is 2.34. The van der Waals surface area contributed by atoms with Gasteiger partial charge in [-0.3, -0.25) is 0 Å². The number of thiophene rings is 1. The summed E-state index contributed by atoms with van der Waals surface area (Å²) in [6.45, 7) is 6.33. The van der Waals surface area contributed by atoms with Gasteiger partial charge in [0.1, 0.15) is 0 Å². The Bertz CT molecular complexity index is 3310. The van der Waals surface area contributed by atoms with E-state index in [0.717, 1.165) is 33.2 Å². The minimum atomic E-state index is -0.487. The lowest BCUT2D eigenvalue weighted by Gasteiger charge is -2.34. The zero-order chi connectivity index (χ0) is 42.3. The highest BCUT2D eigenvalue weighted by atomic mass is 32.1. The van der Waals surface area contributed by atoms with Crippen molar-refractivity contribution in [2.45, 2.75) is 12.3 Å². The van der Waals surface area contributed by atoms with E-state index in [0.29, 0.717) is 17.5 Å². The van der Waals surface area contributed by atoms with Crippen molar-refractivity contribution in [3.05, 3.63) is 253 Å². The van der Waals surface area contributed by atoms with Crippen LogP contribution >= 0.6 is 11.3 Å². The molecule has 63 heavy (non-hydrogen) atoms. The second kappa shape index (κ2) is 15.9. The number of hydrogen-bond acceptors (Lipinski definition) is 4. The molecule has 0 saturated carbocycles. The quantitative estimate of drug-likeness (QED) is 0.153. The molecular formula is C59H41N3S. The van der Waals surface area contributed by atoms with Crippen LogP contribution in [-0.2, 0) is 5.41 Å².